The lowest BCUT2D eigenvalue weighted by molar-refractivity contribution is 0.0951. The number of carbonyl (C=O) groups excluding carboxylic acids is 1. The number of aromatic nitrogens is 4. The molecule has 2 N–H and O–H groups in total. The maximum absolute atomic E-state index is 13.5. The van der Waals surface area contributed by atoms with Crippen molar-refractivity contribution >= 4 is 11.7 Å². The summed E-state index contributed by atoms with van der Waals surface area (Å²) in [6.45, 7) is 4.43. The van der Waals surface area contributed by atoms with Gasteiger partial charge in [-0.15, -0.1) is 10.2 Å². The van der Waals surface area contributed by atoms with Crippen molar-refractivity contribution in [3.05, 3.63) is 65.0 Å². The van der Waals surface area contributed by atoms with E-state index in [4.69, 9.17) is 0 Å². The fraction of sp³-hybridized carbons (Fsp3) is 0.222. The molecule has 0 saturated heterocycles. The highest BCUT2D eigenvalue weighted by molar-refractivity contribution is 5.94. The smallest absolute Gasteiger partial charge is 0.254 e. The van der Waals surface area contributed by atoms with Gasteiger partial charge in [0.2, 0.25) is 0 Å². The SMILES string of the molecule is Cc1cc(C)n(-c2ccc(NCCNC(=O)c3ccc(F)cc3F)nn2)n1. The number of benzene rings is 1. The van der Waals surface area contributed by atoms with Crippen LogP contribution in [0.25, 0.3) is 5.82 Å². The third kappa shape index (κ3) is 4.43. The maximum Gasteiger partial charge on any atom is 0.254 e. The number of nitrogens with one attached hydrogen (secondary N) is 2. The van der Waals surface area contributed by atoms with Gasteiger partial charge in [0.05, 0.1) is 11.3 Å². The van der Waals surface area contributed by atoms with Gasteiger partial charge in [-0.2, -0.15) is 5.10 Å². The highest BCUT2D eigenvalue weighted by Crippen LogP contribution is 2.11. The first-order chi connectivity index (χ1) is 12.9. The second kappa shape index (κ2) is 7.90. The van der Waals surface area contributed by atoms with Crippen molar-refractivity contribution in [2.75, 3.05) is 18.4 Å². The van der Waals surface area contributed by atoms with Crippen LogP contribution in [0, 0.1) is 25.5 Å². The second-order valence-corrected chi connectivity index (χ2v) is 5.92. The van der Waals surface area contributed by atoms with E-state index >= 15 is 0 Å². The van der Waals surface area contributed by atoms with Crippen molar-refractivity contribution in [3.63, 3.8) is 0 Å². The molecular formula is C18H18F2N6O. The van der Waals surface area contributed by atoms with Gasteiger partial charge in [-0.1, -0.05) is 0 Å². The summed E-state index contributed by atoms with van der Waals surface area (Å²) in [5, 5.41) is 18.1. The first-order valence-electron chi connectivity index (χ1n) is 8.28. The Kier molecular flexibility index (Phi) is 5.39. The van der Waals surface area contributed by atoms with Gasteiger partial charge in [0, 0.05) is 24.8 Å². The first-order valence-corrected chi connectivity index (χ1v) is 8.28. The molecule has 7 nitrogen and oxygen atoms in total. The van der Waals surface area contributed by atoms with Crippen LogP contribution in [0.3, 0.4) is 0 Å². The van der Waals surface area contributed by atoms with Crippen LogP contribution in [0.1, 0.15) is 21.7 Å². The summed E-state index contributed by atoms with van der Waals surface area (Å²) in [7, 11) is 0. The Balaban J connectivity index is 1.50. The Morgan fingerprint density at radius 2 is 1.89 bits per heavy atom. The molecule has 0 radical (unpaired) electrons. The lowest BCUT2D eigenvalue weighted by Crippen LogP contribution is -2.29. The largest absolute Gasteiger partial charge is 0.367 e. The molecule has 27 heavy (non-hydrogen) atoms. The third-order valence-corrected chi connectivity index (χ3v) is 3.77. The molecule has 2 aromatic heterocycles. The van der Waals surface area contributed by atoms with Crippen LogP contribution in [-0.2, 0) is 0 Å². The molecule has 140 valence electrons. The van der Waals surface area contributed by atoms with Crippen molar-refractivity contribution < 1.29 is 13.6 Å². The standard InChI is InChI=1S/C18H18F2N6O/c1-11-9-12(2)26(25-11)17-6-5-16(23-24-17)21-7-8-22-18(27)14-4-3-13(19)10-15(14)20/h3-6,9-10H,7-8H2,1-2H3,(H,21,23)(H,22,27). The van der Waals surface area contributed by atoms with Crippen molar-refractivity contribution in [1.29, 1.82) is 0 Å². The second-order valence-electron chi connectivity index (χ2n) is 5.92. The summed E-state index contributed by atoms with van der Waals surface area (Å²) in [5.74, 6) is -1.10. The minimum atomic E-state index is -0.897. The van der Waals surface area contributed by atoms with Gasteiger partial charge < -0.3 is 10.6 Å². The number of nitrogens with zero attached hydrogens (tertiary/aromatic N) is 4. The van der Waals surface area contributed by atoms with Gasteiger partial charge >= 0.3 is 0 Å². The maximum atomic E-state index is 13.5. The van der Waals surface area contributed by atoms with Crippen LogP contribution in [0.4, 0.5) is 14.6 Å². The number of amides is 1. The van der Waals surface area contributed by atoms with E-state index in [9.17, 15) is 13.6 Å². The van der Waals surface area contributed by atoms with E-state index in [0.29, 0.717) is 24.2 Å². The molecule has 0 aliphatic rings. The van der Waals surface area contributed by atoms with Gasteiger partial charge in [0.1, 0.15) is 17.5 Å². The molecule has 2 heterocycles. The number of aryl methyl sites for hydroxylation is 2. The van der Waals surface area contributed by atoms with Crippen LogP contribution in [0.2, 0.25) is 0 Å². The summed E-state index contributed by atoms with van der Waals surface area (Å²) in [5.41, 5.74) is 1.65. The molecule has 0 atom stereocenters. The van der Waals surface area contributed by atoms with E-state index < -0.39 is 17.5 Å². The van der Waals surface area contributed by atoms with Gasteiger partial charge in [0.25, 0.3) is 5.91 Å². The van der Waals surface area contributed by atoms with E-state index in [-0.39, 0.29) is 12.1 Å². The van der Waals surface area contributed by atoms with Crippen molar-refractivity contribution in [2.24, 2.45) is 0 Å². The summed E-state index contributed by atoms with van der Waals surface area (Å²) in [6.07, 6.45) is 0. The molecule has 3 aromatic rings. The molecule has 0 spiro atoms. The topological polar surface area (TPSA) is 84.7 Å². The summed E-state index contributed by atoms with van der Waals surface area (Å²) < 4.78 is 28.1. The zero-order valence-electron chi connectivity index (χ0n) is 14.8. The van der Waals surface area contributed by atoms with E-state index in [1.54, 1.807) is 16.8 Å². The monoisotopic (exact) mass is 372 g/mol. The van der Waals surface area contributed by atoms with Crippen molar-refractivity contribution in [1.82, 2.24) is 25.3 Å². The molecule has 0 saturated carbocycles. The van der Waals surface area contributed by atoms with Crippen LogP contribution < -0.4 is 10.6 Å². The van der Waals surface area contributed by atoms with E-state index in [2.05, 4.69) is 25.9 Å². The van der Waals surface area contributed by atoms with Gasteiger partial charge in [-0.3, -0.25) is 4.79 Å². The number of rotatable bonds is 6. The minimum Gasteiger partial charge on any atom is -0.367 e. The Morgan fingerprint density at radius 1 is 1.07 bits per heavy atom. The van der Waals surface area contributed by atoms with Crippen LogP contribution in [-0.4, -0.2) is 39.0 Å². The van der Waals surface area contributed by atoms with Crippen molar-refractivity contribution in [3.8, 4) is 5.82 Å². The quantitative estimate of drug-likeness (QED) is 0.649. The predicted molar refractivity (Wildman–Crippen MR) is 95.8 cm³/mol. The zero-order chi connectivity index (χ0) is 19.4. The van der Waals surface area contributed by atoms with Gasteiger partial charge in [0.15, 0.2) is 5.82 Å². The van der Waals surface area contributed by atoms with Crippen LogP contribution in [0.15, 0.2) is 36.4 Å². The molecule has 0 bridgehead atoms. The highest BCUT2D eigenvalue weighted by Gasteiger charge is 2.11. The fourth-order valence-electron chi connectivity index (χ4n) is 2.53. The number of anilines is 1. The molecule has 9 heteroatoms. The number of carbonyl (C=O) groups is 1. The number of hydrogen-bond acceptors (Lipinski definition) is 5. The normalized spacial score (nSPS) is 10.7. The van der Waals surface area contributed by atoms with Gasteiger partial charge in [-0.05, 0) is 44.2 Å². The van der Waals surface area contributed by atoms with Gasteiger partial charge in [-0.25, -0.2) is 13.5 Å². The molecule has 1 aromatic carbocycles. The Hall–Kier alpha value is -3.36. The molecule has 0 aliphatic heterocycles. The lowest BCUT2D eigenvalue weighted by atomic mass is 10.2. The zero-order valence-corrected chi connectivity index (χ0v) is 14.8. The fourth-order valence-corrected chi connectivity index (χ4v) is 2.53. The molecule has 0 unspecified atom stereocenters. The minimum absolute atomic E-state index is 0.203. The molecule has 3 rings (SSSR count). The molecule has 0 fully saturated rings. The number of halogens is 2. The lowest BCUT2D eigenvalue weighted by Gasteiger charge is -2.08. The third-order valence-electron chi connectivity index (χ3n) is 3.77. The molecular weight excluding hydrogens is 354 g/mol. The summed E-state index contributed by atoms with van der Waals surface area (Å²) in [6, 6.07) is 8.29. The summed E-state index contributed by atoms with van der Waals surface area (Å²) in [4.78, 5) is 11.9. The van der Waals surface area contributed by atoms with E-state index in [1.165, 1.54) is 0 Å². The molecule has 0 aliphatic carbocycles. The average Bonchev–Trinajstić information content (AvgIpc) is 2.97. The Bertz CT molecular complexity index is 955. The van der Waals surface area contributed by atoms with Crippen LogP contribution in [0.5, 0.6) is 0 Å². The molecule has 1 amide bonds. The summed E-state index contributed by atoms with van der Waals surface area (Å²) >= 11 is 0. The van der Waals surface area contributed by atoms with E-state index in [1.807, 2.05) is 19.9 Å². The Morgan fingerprint density at radius 3 is 2.52 bits per heavy atom. The van der Waals surface area contributed by atoms with Crippen molar-refractivity contribution in [2.45, 2.75) is 13.8 Å². The predicted octanol–water partition coefficient (Wildman–Crippen LogP) is 2.40. The van der Waals surface area contributed by atoms with Crippen LogP contribution >= 0.6 is 0 Å². The highest BCUT2D eigenvalue weighted by atomic mass is 19.1. The van der Waals surface area contributed by atoms with E-state index in [0.717, 1.165) is 23.5 Å². The average molecular weight is 372 g/mol. The Labute approximate surface area is 154 Å². The first kappa shape index (κ1) is 18.4. The number of hydrogen-bond donors (Lipinski definition) is 2.